The summed E-state index contributed by atoms with van der Waals surface area (Å²) in [5.41, 5.74) is 7.82. The van der Waals surface area contributed by atoms with Crippen LogP contribution in [0.4, 0.5) is 5.69 Å². The topological polar surface area (TPSA) is 69.2 Å². The maximum absolute atomic E-state index is 10.7. The zero-order chi connectivity index (χ0) is 15.4. The fraction of sp³-hybridized carbons (Fsp3) is 0.200. The Labute approximate surface area is 132 Å². The molecule has 0 heterocycles. The van der Waals surface area contributed by atoms with Gasteiger partial charge in [0, 0.05) is 28.8 Å². The maximum atomic E-state index is 10.7. The summed E-state index contributed by atoms with van der Waals surface area (Å²) in [7, 11) is 0. The highest BCUT2D eigenvalue weighted by atomic mass is 35.5. The Kier molecular flexibility index (Phi) is 5.22. The van der Waals surface area contributed by atoms with E-state index >= 15 is 0 Å². The van der Waals surface area contributed by atoms with Gasteiger partial charge in [0.25, 0.3) is 5.69 Å². The van der Waals surface area contributed by atoms with E-state index < -0.39 is 4.92 Å². The second-order valence-electron chi connectivity index (χ2n) is 4.68. The van der Waals surface area contributed by atoms with Crippen LogP contribution in [0.2, 0.25) is 5.02 Å². The average molecular weight is 323 g/mol. The van der Waals surface area contributed by atoms with Crippen molar-refractivity contribution in [3.05, 3.63) is 68.7 Å². The lowest BCUT2D eigenvalue weighted by Gasteiger charge is -2.08. The van der Waals surface area contributed by atoms with Gasteiger partial charge >= 0.3 is 0 Å². The van der Waals surface area contributed by atoms with Gasteiger partial charge in [-0.2, -0.15) is 0 Å². The molecular formula is C15H15ClN2O2S. The predicted octanol–water partition coefficient (Wildman–Crippen LogP) is 4.56. The lowest BCUT2D eigenvalue weighted by Crippen LogP contribution is -2.04. The fourth-order valence-corrected chi connectivity index (χ4v) is 3.10. The zero-order valence-electron chi connectivity index (χ0n) is 11.5. The lowest BCUT2D eigenvalue weighted by molar-refractivity contribution is -0.384. The third-order valence-electron chi connectivity index (χ3n) is 3.03. The number of rotatable bonds is 5. The molecule has 0 aliphatic heterocycles. The van der Waals surface area contributed by atoms with Crippen molar-refractivity contribution in [2.24, 2.45) is 5.73 Å². The van der Waals surface area contributed by atoms with Gasteiger partial charge in [0.2, 0.25) is 0 Å². The minimum Gasteiger partial charge on any atom is -0.324 e. The van der Waals surface area contributed by atoms with Crippen molar-refractivity contribution >= 4 is 29.1 Å². The maximum Gasteiger partial charge on any atom is 0.270 e. The van der Waals surface area contributed by atoms with Crippen LogP contribution in [0.15, 0.2) is 47.4 Å². The third kappa shape index (κ3) is 4.20. The van der Waals surface area contributed by atoms with E-state index in [-0.39, 0.29) is 11.7 Å². The van der Waals surface area contributed by atoms with Crippen LogP contribution < -0.4 is 5.73 Å². The largest absolute Gasteiger partial charge is 0.324 e. The highest BCUT2D eigenvalue weighted by Gasteiger charge is 2.10. The van der Waals surface area contributed by atoms with Crippen molar-refractivity contribution in [3.63, 3.8) is 0 Å². The van der Waals surface area contributed by atoms with Crippen molar-refractivity contribution < 1.29 is 4.92 Å². The van der Waals surface area contributed by atoms with Gasteiger partial charge in [-0.15, -0.1) is 11.8 Å². The Balaban J connectivity index is 2.09. The summed E-state index contributed by atoms with van der Waals surface area (Å²) in [6.07, 6.45) is 0. The zero-order valence-corrected chi connectivity index (χ0v) is 13.0. The smallest absolute Gasteiger partial charge is 0.270 e. The van der Waals surface area contributed by atoms with E-state index in [0.29, 0.717) is 10.8 Å². The molecule has 2 N–H and O–H groups in total. The summed E-state index contributed by atoms with van der Waals surface area (Å²) < 4.78 is 0. The molecule has 0 amide bonds. The number of nitrogens with two attached hydrogens (primary N) is 1. The second kappa shape index (κ2) is 6.93. The Morgan fingerprint density at radius 2 is 2.10 bits per heavy atom. The molecule has 2 rings (SSSR count). The standard InChI is InChI=1S/C15H15ClN2O2S/c1-10(17)11-3-2-4-14(7-11)21-9-12-5-6-13(18(19)20)8-15(12)16/h2-8,10H,9,17H2,1H3. The molecule has 0 aliphatic carbocycles. The quantitative estimate of drug-likeness (QED) is 0.497. The molecule has 2 aromatic carbocycles. The molecule has 0 aliphatic rings. The van der Waals surface area contributed by atoms with E-state index in [1.165, 1.54) is 12.1 Å². The first kappa shape index (κ1) is 15.8. The summed E-state index contributed by atoms with van der Waals surface area (Å²) in [5, 5.41) is 11.1. The van der Waals surface area contributed by atoms with E-state index in [2.05, 4.69) is 6.07 Å². The minimum absolute atomic E-state index is 0.00601. The van der Waals surface area contributed by atoms with Crippen molar-refractivity contribution in [3.8, 4) is 0 Å². The monoisotopic (exact) mass is 322 g/mol. The fourth-order valence-electron chi connectivity index (χ4n) is 1.82. The van der Waals surface area contributed by atoms with Crippen LogP contribution in [0.3, 0.4) is 0 Å². The molecule has 0 saturated heterocycles. The highest BCUT2D eigenvalue weighted by molar-refractivity contribution is 7.98. The van der Waals surface area contributed by atoms with Gasteiger partial charge in [0.15, 0.2) is 0 Å². The predicted molar refractivity (Wildman–Crippen MR) is 86.7 cm³/mol. The Bertz CT molecular complexity index is 662. The van der Waals surface area contributed by atoms with E-state index in [1.54, 1.807) is 17.8 Å². The molecule has 110 valence electrons. The van der Waals surface area contributed by atoms with E-state index in [1.807, 2.05) is 25.1 Å². The van der Waals surface area contributed by atoms with E-state index in [4.69, 9.17) is 17.3 Å². The number of hydrogen-bond acceptors (Lipinski definition) is 4. The van der Waals surface area contributed by atoms with Gasteiger partial charge in [-0.25, -0.2) is 0 Å². The van der Waals surface area contributed by atoms with Gasteiger partial charge in [0.1, 0.15) is 0 Å². The summed E-state index contributed by atoms with van der Waals surface area (Å²) in [5.74, 6) is 0.652. The number of non-ortho nitro benzene ring substituents is 1. The second-order valence-corrected chi connectivity index (χ2v) is 6.14. The highest BCUT2D eigenvalue weighted by Crippen LogP contribution is 2.30. The molecule has 1 atom stereocenters. The van der Waals surface area contributed by atoms with Crippen molar-refractivity contribution in [1.29, 1.82) is 0 Å². The first-order valence-electron chi connectivity index (χ1n) is 6.38. The summed E-state index contributed by atoms with van der Waals surface area (Å²) in [6.45, 7) is 1.94. The SMILES string of the molecule is CC(N)c1cccc(SCc2ccc([N+](=O)[O-])cc2Cl)c1. The van der Waals surface area contributed by atoms with Gasteiger partial charge in [-0.05, 0) is 36.2 Å². The van der Waals surface area contributed by atoms with Gasteiger partial charge in [0.05, 0.1) is 9.95 Å². The summed E-state index contributed by atoms with van der Waals surface area (Å²) in [6, 6.07) is 12.6. The minimum atomic E-state index is -0.449. The molecule has 0 bridgehead atoms. The molecule has 0 spiro atoms. The van der Waals surface area contributed by atoms with Crippen molar-refractivity contribution in [1.82, 2.24) is 0 Å². The number of hydrogen-bond donors (Lipinski definition) is 1. The Morgan fingerprint density at radius 1 is 1.33 bits per heavy atom. The first-order chi connectivity index (χ1) is 9.97. The molecule has 4 nitrogen and oxygen atoms in total. The number of thioether (sulfide) groups is 1. The molecule has 0 fully saturated rings. The van der Waals surface area contributed by atoms with Crippen LogP contribution in [0.25, 0.3) is 0 Å². The van der Waals surface area contributed by atoms with Crippen LogP contribution >= 0.6 is 23.4 Å². The number of halogens is 1. The van der Waals surface area contributed by atoms with Crippen molar-refractivity contribution in [2.75, 3.05) is 0 Å². The van der Waals surface area contributed by atoms with Crippen molar-refractivity contribution in [2.45, 2.75) is 23.6 Å². The summed E-state index contributed by atoms with van der Waals surface area (Å²) >= 11 is 7.71. The molecule has 21 heavy (non-hydrogen) atoms. The van der Waals surface area contributed by atoms with Gasteiger partial charge < -0.3 is 5.73 Å². The van der Waals surface area contributed by atoms with Crippen LogP contribution in [0.1, 0.15) is 24.1 Å². The normalized spacial score (nSPS) is 12.1. The van der Waals surface area contributed by atoms with Crippen LogP contribution in [0, 0.1) is 10.1 Å². The Hall–Kier alpha value is -1.56. The molecule has 6 heteroatoms. The molecule has 0 aromatic heterocycles. The van der Waals surface area contributed by atoms with Gasteiger partial charge in [-0.3, -0.25) is 10.1 Å². The number of nitrogens with zero attached hydrogens (tertiary/aromatic N) is 1. The van der Waals surface area contributed by atoms with Gasteiger partial charge in [-0.1, -0.05) is 23.7 Å². The number of nitro groups is 1. The molecular weight excluding hydrogens is 308 g/mol. The lowest BCUT2D eigenvalue weighted by atomic mass is 10.1. The molecule has 0 radical (unpaired) electrons. The third-order valence-corrected chi connectivity index (χ3v) is 4.42. The molecule has 0 saturated carbocycles. The van der Waals surface area contributed by atoms with Crippen LogP contribution in [-0.4, -0.2) is 4.92 Å². The van der Waals surface area contributed by atoms with E-state index in [0.717, 1.165) is 16.0 Å². The molecule has 2 aromatic rings. The average Bonchev–Trinajstić information content (AvgIpc) is 2.46. The van der Waals surface area contributed by atoms with Crippen LogP contribution in [0.5, 0.6) is 0 Å². The summed E-state index contributed by atoms with van der Waals surface area (Å²) in [4.78, 5) is 11.3. The molecule has 1 unspecified atom stereocenters. The Morgan fingerprint density at radius 3 is 2.71 bits per heavy atom. The first-order valence-corrected chi connectivity index (χ1v) is 7.75. The number of nitro benzene ring substituents is 1. The van der Waals surface area contributed by atoms with Crippen LogP contribution in [-0.2, 0) is 5.75 Å². The number of benzene rings is 2. The van der Waals surface area contributed by atoms with E-state index in [9.17, 15) is 10.1 Å².